The van der Waals surface area contributed by atoms with Crippen LogP contribution >= 0.6 is 11.6 Å². The first kappa shape index (κ1) is 22.5. The summed E-state index contributed by atoms with van der Waals surface area (Å²) < 4.78 is 33.6. The second-order valence-corrected chi connectivity index (χ2v) is 8.81. The first-order valence-corrected chi connectivity index (χ1v) is 11.4. The van der Waals surface area contributed by atoms with Gasteiger partial charge in [0.15, 0.2) is 11.6 Å². The van der Waals surface area contributed by atoms with Crippen molar-refractivity contribution in [2.75, 3.05) is 22.2 Å². The third kappa shape index (κ3) is 4.07. The molecular weight excluding hydrogens is 470 g/mol. The molecule has 0 aromatic heterocycles. The van der Waals surface area contributed by atoms with Crippen LogP contribution < -0.4 is 16.4 Å². The minimum absolute atomic E-state index is 0.0551. The molecule has 0 bridgehead atoms. The van der Waals surface area contributed by atoms with Gasteiger partial charge in [0.25, 0.3) is 10.1 Å². The highest BCUT2D eigenvalue weighted by Gasteiger charge is 2.36. The Hall–Kier alpha value is -3.73. The molecule has 0 unspecified atom stereocenters. The van der Waals surface area contributed by atoms with Gasteiger partial charge in [0.05, 0.1) is 22.5 Å². The Balaban J connectivity index is 1.91. The average molecular weight is 486 g/mol. The van der Waals surface area contributed by atoms with Crippen molar-refractivity contribution in [3.05, 3.63) is 76.9 Å². The minimum Gasteiger partial charge on any atom is -0.397 e. The molecule has 0 saturated heterocycles. The van der Waals surface area contributed by atoms with E-state index < -0.39 is 38.2 Å². The maximum atomic E-state index is 13.3. The first-order valence-electron chi connectivity index (χ1n) is 9.47. The monoisotopic (exact) mass is 485 g/mol. The molecule has 0 saturated carbocycles. The van der Waals surface area contributed by atoms with Gasteiger partial charge in [-0.2, -0.15) is 8.42 Å². The zero-order valence-corrected chi connectivity index (χ0v) is 18.3. The number of nitrogens with one attached hydrogen (secondary N) is 2. The van der Waals surface area contributed by atoms with Crippen LogP contribution in [0, 0.1) is 0 Å². The molecule has 5 N–H and O–H groups in total. The number of ketones is 2. The topological polar surface area (TPSA) is 156 Å². The van der Waals surface area contributed by atoms with E-state index in [2.05, 4.69) is 10.6 Å². The third-order valence-corrected chi connectivity index (χ3v) is 6.16. The van der Waals surface area contributed by atoms with Crippen LogP contribution in [-0.2, 0) is 14.9 Å². The summed E-state index contributed by atoms with van der Waals surface area (Å²) >= 11 is 5.51. The van der Waals surface area contributed by atoms with Crippen molar-refractivity contribution in [1.82, 2.24) is 0 Å². The largest absolute Gasteiger partial charge is 0.397 e. The Kier molecular flexibility index (Phi) is 5.66. The van der Waals surface area contributed by atoms with E-state index >= 15 is 0 Å². The van der Waals surface area contributed by atoms with Gasteiger partial charge in [-0.3, -0.25) is 18.9 Å². The predicted octanol–water partition coefficient (Wildman–Crippen LogP) is 3.21. The van der Waals surface area contributed by atoms with E-state index in [0.29, 0.717) is 11.4 Å². The van der Waals surface area contributed by atoms with Crippen molar-refractivity contribution in [2.24, 2.45) is 0 Å². The van der Waals surface area contributed by atoms with Crippen LogP contribution in [0.5, 0.6) is 0 Å². The summed E-state index contributed by atoms with van der Waals surface area (Å²) in [6.45, 7) is 0. The van der Waals surface area contributed by atoms with Crippen LogP contribution in [0.2, 0.25) is 0 Å². The number of alkyl halides is 1. The number of nitrogen functional groups attached to an aromatic ring is 1. The fraction of sp³-hybridized carbons (Fsp3) is 0.0455. The maximum Gasteiger partial charge on any atom is 0.296 e. The number of benzene rings is 3. The number of amides is 1. The van der Waals surface area contributed by atoms with Crippen LogP contribution in [0.4, 0.5) is 22.7 Å². The molecule has 0 spiro atoms. The number of carbonyl (C=O) groups is 3. The summed E-state index contributed by atoms with van der Waals surface area (Å²) in [5.41, 5.74) is 5.90. The molecule has 3 aromatic carbocycles. The molecule has 0 heterocycles. The van der Waals surface area contributed by atoms with E-state index in [1.807, 2.05) is 0 Å². The molecular formula is C22H16ClN3O6S. The summed E-state index contributed by atoms with van der Waals surface area (Å²) in [6.07, 6.45) is 0. The minimum atomic E-state index is -4.83. The number of carbonyl (C=O) groups excluding carboxylic acids is 3. The number of halogens is 1. The van der Waals surface area contributed by atoms with Gasteiger partial charge < -0.3 is 16.4 Å². The van der Waals surface area contributed by atoms with E-state index in [4.69, 9.17) is 17.3 Å². The molecule has 0 atom stereocenters. The molecule has 9 nitrogen and oxygen atoms in total. The summed E-state index contributed by atoms with van der Waals surface area (Å²) in [5, 5.41) is 5.46. The second kappa shape index (κ2) is 8.32. The molecule has 1 aliphatic rings. The Morgan fingerprint density at radius 1 is 0.939 bits per heavy atom. The average Bonchev–Trinajstić information content (AvgIpc) is 2.77. The van der Waals surface area contributed by atoms with Crippen LogP contribution in [0.15, 0.2) is 59.5 Å². The Labute approximate surface area is 193 Å². The lowest BCUT2D eigenvalue weighted by Crippen LogP contribution is -2.25. The lowest BCUT2D eigenvalue weighted by atomic mass is 9.82. The van der Waals surface area contributed by atoms with E-state index in [1.54, 1.807) is 30.3 Å². The van der Waals surface area contributed by atoms with Crippen molar-refractivity contribution in [1.29, 1.82) is 0 Å². The van der Waals surface area contributed by atoms with Crippen LogP contribution in [0.3, 0.4) is 0 Å². The summed E-state index contributed by atoms with van der Waals surface area (Å²) in [7, 11) is -4.83. The maximum absolute atomic E-state index is 13.3. The quantitative estimate of drug-likeness (QED) is 0.191. The molecule has 0 radical (unpaired) electrons. The Morgan fingerprint density at radius 3 is 2.15 bits per heavy atom. The smallest absolute Gasteiger partial charge is 0.296 e. The zero-order chi connectivity index (χ0) is 23.9. The Morgan fingerprint density at radius 2 is 1.55 bits per heavy atom. The second-order valence-electron chi connectivity index (χ2n) is 7.15. The third-order valence-electron chi connectivity index (χ3n) is 5.02. The van der Waals surface area contributed by atoms with E-state index in [-0.39, 0.29) is 33.8 Å². The molecule has 1 aliphatic carbocycles. The fourth-order valence-electron chi connectivity index (χ4n) is 3.63. The molecule has 33 heavy (non-hydrogen) atoms. The normalized spacial score (nSPS) is 12.7. The zero-order valence-electron chi connectivity index (χ0n) is 16.8. The van der Waals surface area contributed by atoms with Crippen LogP contribution in [0.25, 0.3) is 0 Å². The van der Waals surface area contributed by atoms with Crippen molar-refractivity contribution >= 4 is 61.9 Å². The number of hydrogen-bond acceptors (Lipinski definition) is 7. The highest BCUT2D eigenvalue weighted by molar-refractivity contribution is 7.86. The molecule has 4 rings (SSSR count). The summed E-state index contributed by atoms with van der Waals surface area (Å²) in [4.78, 5) is 37.3. The van der Waals surface area contributed by atoms with Crippen LogP contribution in [0.1, 0.15) is 31.8 Å². The van der Waals surface area contributed by atoms with Crippen molar-refractivity contribution in [2.45, 2.75) is 4.90 Å². The summed E-state index contributed by atoms with van der Waals surface area (Å²) in [5.74, 6) is -1.88. The number of hydrogen-bond donors (Lipinski definition) is 4. The predicted molar refractivity (Wildman–Crippen MR) is 123 cm³/mol. The number of nitrogens with two attached hydrogens (primary N) is 1. The van der Waals surface area contributed by atoms with Crippen molar-refractivity contribution in [3.63, 3.8) is 0 Å². The van der Waals surface area contributed by atoms with Crippen molar-refractivity contribution in [3.8, 4) is 0 Å². The number of fused-ring (bicyclic) bond motifs is 2. The van der Waals surface area contributed by atoms with Gasteiger partial charge in [-0.05, 0) is 24.3 Å². The van der Waals surface area contributed by atoms with E-state index in [9.17, 15) is 27.4 Å². The molecule has 1 amide bonds. The van der Waals surface area contributed by atoms with Crippen molar-refractivity contribution < 1.29 is 27.4 Å². The highest BCUT2D eigenvalue weighted by Crippen LogP contribution is 2.40. The molecule has 0 aliphatic heterocycles. The van der Waals surface area contributed by atoms with E-state index in [0.717, 1.165) is 6.07 Å². The standard InChI is InChI=1S/C22H16ClN3O6S/c23-10-17(27)26-12-5-3-4-11(8-12)25-15-9-16(33(30,31)32)20(24)19-18(15)21(28)13-6-1-2-7-14(13)22(19)29/h1-9,25H,10,24H2,(H,26,27)(H,30,31,32). The molecule has 168 valence electrons. The lowest BCUT2D eigenvalue weighted by molar-refractivity contribution is -0.113. The summed E-state index contributed by atoms with van der Waals surface area (Å²) in [6, 6.07) is 13.4. The van der Waals surface area contributed by atoms with Gasteiger partial charge in [0, 0.05) is 22.5 Å². The van der Waals surface area contributed by atoms with Gasteiger partial charge in [-0.15, -0.1) is 11.6 Å². The Bertz CT molecular complexity index is 1450. The van der Waals surface area contributed by atoms with Gasteiger partial charge in [-0.25, -0.2) is 0 Å². The van der Waals surface area contributed by atoms with Gasteiger partial charge >= 0.3 is 0 Å². The van der Waals surface area contributed by atoms with Gasteiger partial charge in [-0.1, -0.05) is 30.3 Å². The number of anilines is 4. The lowest BCUT2D eigenvalue weighted by Gasteiger charge is -2.23. The van der Waals surface area contributed by atoms with Gasteiger partial charge in [0.2, 0.25) is 5.91 Å². The molecule has 3 aromatic rings. The fourth-order valence-corrected chi connectivity index (χ4v) is 4.34. The SMILES string of the molecule is Nc1c(S(=O)(=O)O)cc(Nc2cccc(NC(=O)CCl)c2)c2c1C(=O)c1ccccc1C2=O. The molecule has 11 heteroatoms. The molecule has 0 fully saturated rings. The van der Waals surface area contributed by atoms with E-state index in [1.165, 1.54) is 18.2 Å². The first-order chi connectivity index (χ1) is 15.6. The number of rotatable bonds is 5. The van der Waals surface area contributed by atoms with Crippen LogP contribution in [-0.4, -0.2) is 36.3 Å². The highest BCUT2D eigenvalue weighted by atomic mass is 35.5. The van der Waals surface area contributed by atoms with Gasteiger partial charge in [0.1, 0.15) is 10.8 Å².